The topological polar surface area (TPSA) is 65.5 Å². The second kappa shape index (κ2) is 10.6. The third kappa shape index (κ3) is 8.24. The van der Waals surface area contributed by atoms with Gasteiger partial charge in [0.1, 0.15) is 0 Å². The molecule has 0 radical (unpaired) electrons. The highest BCUT2D eigenvalue weighted by molar-refractivity contribution is 5.90. The van der Waals surface area contributed by atoms with Crippen molar-refractivity contribution in [3.05, 3.63) is 29.8 Å². The van der Waals surface area contributed by atoms with Gasteiger partial charge in [0.15, 0.2) is 5.96 Å². The standard InChI is InChI=1S/C18H30N4O/c1-5-8-17(23)22-16-10-7-9-15(11-16)13-21-18(19-6-2)20-12-14(3)4/h7,9-11,14H,5-6,8,12-13H2,1-4H3,(H,22,23)(H2,19,20,21). The molecule has 5 nitrogen and oxygen atoms in total. The lowest BCUT2D eigenvalue weighted by atomic mass is 10.2. The van der Waals surface area contributed by atoms with Crippen LogP contribution in [0.2, 0.25) is 0 Å². The Labute approximate surface area is 140 Å². The van der Waals surface area contributed by atoms with Gasteiger partial charge in [-0.05, 0) is 37.0 Å². The number of carbonyl (C=O) groups is 1. The molecule has 128 valence electrons. The summed E-state index contributed by atoms with van der Waals surface area (Å²) in [6.45, 7) is 10.7. The van der Waals surface area contributed by atoms with Gasteiger partial charge in [0.05, 0.1) is 6.54 Å². The van der Waals surface area contributed by atoms with Crippen molar-refractivity contribution < 1.29 is 4.79 Å². The van der Waals surface area contributed by atoms with Gasteiger partial charge < -0.3 is 16.0 Å². The minimum absolute atomic E-state index is 0.0556. The maximum absolute atomic E-state index is 11.7. The second-order valence-electron chi connectivity index (χ2n) is 5.97. The molecular formula is C18H30N4O. The third-order valence-corrected chi connectivity index (χ3v) is 3.13. The Morgan fingerprint density at radius 1 is 1.22 bits per heavy atom. The van der Waals surface area contributed by atoms with E-state index in [2.05, 4.69) is 41.7 Å². The fourth-order valence-corrected chi connectivity index (χ4v) is 2.01. The van der Waals surface area contributed by atoms with Crippen molar-refractivity contribution in [2.45, 2.75) is 47.1 Å². The summed E-state index contributed by atoms with van der Waals surface area (Å²) in [6.07, 6.45) is 1.40. The largest absolute Gasteiger partial charge is 0.357 e. The van der Waals surface area contributed by atoms with Crippen LogP contribution in [0.4, 0.5) is 5.69 Å². The molecule has 1 aromatic rings. The Morgan fingerprint density at radius 3 is 2.65 bits per heavy atom. The van der Waals surface area contributed by atoms with Crippen molar-refractivity contribution in [1.82, 2.24) is 10.6 Å². The molecule has 0 unspecified atom stereocenters. The van der Waals surface area contributed by atoms with Crippen molar-refractivity contribution >= 4 is 17.6 Å². The lowest BCUT2D eigenvalue weighted by Gasteiger charge is -2.13. The van der Waals surface area contributed by atoms with Gasteiger partial charge in [-0.2, -0.15) is 0 Å². The summed E-state index contributed by atoms with van der Waals surface area (Å²) < 4.78 is 0. The second-order valence-corrected chi connectivity index (χ2v) is 5.97. The predicted octanol–water partition coefficient (Wildman–Crippen LogP) is 3.14. The maximum Gasteiger partial charge on any atom is 0.224 e. The quantitative estimate of drug-likeness (QED) is 0.509. The first-order valence-corrected chi connectivity index (χ1v) is 8.46. The number of benzene rings is 1. The monoisotopic (exact) mass is 318 g/mol. The molecule has 0 aliphatic rings. The molecule has 23 heavy (non-hydrogen) atoms. The molecule has 0 aliphatic carbocycles. The summed E-state index contributed by atoms with van der Waals surface area (Å²) in [5.41, 5.74) is 1.90. The molecule has 0 aromatic heterocycles. The van der Waals surface area contributed by atoms with E-state index in [-0.39, 0.29) is 5.91 Å². The van der Waals surface area contributed by atoms with Gasteiger partial charge in [0, 0.05) is 25.2 Å². The molecule has 5 heteroatoms. The number of rotatable bonds is 8. The first kappa shape index (κ1) is 19.0. The van der Waals surface area contributed by atoms with Crippen LogP contribution in [0.1, 0.15) is 46.1 Å². The highest BCUT2D eigenvalue weighted by atomic mass is 16.1. The van der Waals surface area contributed by atoms with Crippen LogP contribution in [0.5, 0.6) is 0 Å². The molecule has 0 aliphatic heterocycles. The van der Waals surface area contributed by atoms with E-state index < -0.39 is 0 Å². The van der Waals surface area contributed by atoms with Crippen LogP contribution < -0.4 is 16.0 Å². The average molecular weight is 318 g/mol. The number of carbonyl (C=O) groups excluding carboxylic acids is 1. The lowest BCUT2D eigenvalue weighted by Crippen LogP contribution is -2.39. The number of anilines is 1. The Hall–Kier alpha value is -2.04. The summed E-state index contributed by atoms with van der Waals surface area (Å²) in [5.74, 6) is 1.44. The smallest absolute Gasteiger partial charge is 0.224 e. The van der Waals surface area contributed by atoms with Crippen LogP contribution in [0.3, 0.4) is 0 Å². The van der Waals surface area contributed by atoms with E-state index in [1.54, 1.807) is 0 Å². The van der Waals surface area contributed by atoms with Gasteiger partial charge >= 0.3 is 0 Å². The van der Waals surface area contributed by atoms with Crippen molar-refractivity contribution in [1.29, 1.82) is 0 Å². The normalized spacial score (nSPS) is 11.4. The number of hydrogen-bond acceptors (Lipinski definition) is 2. The molecule has 0 heterocycles. The van der Waals surface area contributed by atoms with Crippen LogP contribution in [0, 0.1) is 5.92 Å². The third-order valence-electron chi connectivity index (χ3n) is 3.13. The molecule has 0 spiro atoms. The van der Waals surface area contributed by atoms with Crippen LogP contribution in [0.25, 0.3) is 0 Å². The molecule has 1 aromatic carbocycles. The molecule has 0 saturated heterocycles. The summed E-state index contributed by atoms with van der Waals surface area (Å²) in [5, 5.41) is 9.48. The maximum atomic E-state index is 11.7. The average Bonchev–Trinajstić information content (AvgIpc) is 2.50. The lowest BCUT2D eigenvalue weighted by molar-refractivity contribution is -0.116. The SMILES string of the molecule is CCCC(=O)Nc1cccc(CN=C(NCC)NCC(C)C)c1. The van der Waals surface area contributed by atoms with Gasteiger partial charge in [-0.1, -0.05) is 32.9 Å². The molecule has 1 rings (SSSR count). The first-order valence-electron chi connectivity index (χ1n) is 8.46. The Morgan fingerprint density at radius 2 is 2.00 bits per heavy atom. The number of aliphatic imine (C=N–C) groups is 1. The van der Waals surface area contributed by atoms with E-state index >= 15 is 0 Å². The zero-order valence-corrected chi connectivity index (χ0v) is 14.8. The number of amides is 1. The molecule has 0 bridgehead atoms. The number of hydrogen-bond donors (Lipinski definition) is 3. The number of nitrogens with zero attached hydrogens (tertiary/aromatic N) is 1. The summed E-state index contributed by atoms with van der Waals surface area (Å²) in [6, 6.07) is 7.85. The molecule has 0 fully saturated rings. The zero-order valence-electron chi connectivity index (χ0n) is 14.8. The fraction of sp³-hybridized carbons (Fsp3) is 0.556. The van der Waals surface area contributed by atoms with Gasteiger partial charge in [0.25, 0.3) is 0 Å². The van der Waals surface area contributed by atoms with Crippen molar-refractivity contribution in [2.24, 2.45) is 10.9 Å². The van der Waals surface area contributed by atoms with Gasteiger partial charge in [-0.25, -0.2) is 4.99 Å². The van der Waals surface area contributed by atoms with Crippen LogP contribution in [0.15, 0.2) is 29.3 Å². The van der Waals surface area contributed by atoms with Gasteiger partial charge in [-0.15, -0.1) is 0 Å². The van der Waals surface area contributed by atoms with E-state index in [9.17, 15) is 4.79 Å². The van der Waals surface area contributed by atoms with Gasteiger partial charge in [-0.3, -0.25) is 4.79 Å². The van der Waals surface area contributed by atoms with Crippen LogP contribution in [-0.2, 0) is 11.3 Å². The van der Waals surface area contributed by atoms with E-state index in [1.807, 2.05) is 31.2 Å². The Bertz CT molecular complexity index is 511. The number of nitrogens with one attached hydrogen (secondary N) is 3. The van der Waals surface area contributed by atoms with Crippen molar-refractivity contribution in [2.75, 3.05) is 18.4 Å². The molecule has 0 saturated carbocycles. The van der Waals surface area contributed by atoms with E-state index in [4.69, 9.17) is 0 Å². The summed E-state index contributed by atoms with van der Waals surface area (Å²) >= 11 is 0. The Balaban J connectivity index is 2.66. The minimum atomic E-state index is 0.0556. The predicted molar refractivity (Wildman–Crippen MR) is 97.6 cm³/mol. The molecular weight excluding hydrogens is 288 g/mol. The molecule has 0 atom stereocenters. The summed E-state index contributed by atoms with van der Waals surface area (Å²) in [4.78, 5) is 16.3. The van der Waals surface area contributed by atoms with Crippen LogP contribution in [-0.4, -0.2) is 25.0 Å². The van der Waals surface area contributed by atoms with Crippen molar-refractivity contribution in [3.8, 4) is 0 Å². The summed E-state index contributed by atoms with van der Waals surface area (Å²) in [7, 11) is 0. The number of guanidine groups is 1. The van der Waals surface area contributed by atoms with E-state index in [1.165, 1.54) is 0 Å². The first-order chi connectivity index (χ1) is 11.0. The molecule has 1 amide bonds. The van der Waals surface area contributed by atoms with Gasteiger partial charge in [0.2, 0.25) is 5.91 Å². The van der Waals surface area contributed by atoms with E-state index in [0.29, 0.717) is 18.9 Å². The zero-order chi connectivity index (χ0) is 17.1. The van der Waals surface area contributed by atoms with Crippen LogP contribution >= 0.6 is 0 Å². The molecule has 3 N–H and O–H groups in total. The van der Waals surface area contributed by atoms with E-state index in [0.717, 1.165) is 36.7 Å². The highest BCUT2D eigenvalue weighted by Crippen LogP contribution is 2.12. The fourth-order valence-electron chi connectivity index (χ4n) is 2.01. The highest BCUT2D eigenvalue weighted by Gasteiger charge is 2.02. The van der Waals surface area contributed by atoms with Crippen molar-refractivity contribution in [3.63, 3.8) is 0 Å². The Kier molecular flexibility index (Phi) is 8.80. The minimum Gasteiger partial charge on any atom is -0.357 e.